The molecule has 0 aliphatic heterocycles. The van der Waals surface area contributed by atoms with Crippen LogP contribution in [0.4, 0.5) is 0 Å². The molecule has 0 atom stereocenters. The third kappa shape index (κ3) is 8.03. The SMILES string of the molecule is CCNCCOc1ccc2cc3ccc(OCCNCC)cc3nc2c1.Cl.Cl.Cl. The van der Waals surface area contributed by atoms with Gasteiger partial charge in [0.15, 0.2) is 0 Å². The van der Waals surface area contributed by atoms with Crippen molar-refractivity contribution in [3.8, 4) is 11.5 Å². The van der Waals surface area contributed by atoms with Crippen molar-refractivity contribution in [2.24, 2.45) is 0 Å². The number of ether oxygens (including phenoxy) is 2. The van der Waals surface area contributed by atoms with E-state index in [0.717, 1.165) is 59.5 Å². The van der Waals surface area contributed by atoms with E-state index in [9.17, 15) is 0 Å². The van der Waals surface area contributed by atoms with E-state index in [1.807, 2.05) is 24.3 Å². The smallest absolute Gasteiger partial charge is 0.121 e. The van der Waals surface area contributed by atoms with Gasteiger partial charge in [0, 0.05) is 36.0 Å². The molecule has 0 unspecified atom stereocenters. The Morgan fingerprint density at radius 3 is 1.55 bits per heavy atom. The summed E-state index contributed by atoms with van der Waals surface area (Å²) < 4.78 is 11.6. The lowest BCUT2D eigenvalue weighted by Gasteiger charge is -2.09. The van der Waals surface area contributed by atoms with Gasteiger partial charge >= 0.3 is 0 Å². The van der Waals surface area contributed by atoms with Gasteiger partial charge in [-0.2, -0.15) is 0 Å². The number of hydrogen-bond donors (Lipinski definition) is 2. The summed E-state index contributed by atoms with van der Waals surface area (Å²) in [6, 6.07) is 14.3. The van der Waals surface area contributed by atoms with Crippen LogP contribution in [0.15, 0.2) is 42.5 Å². The zero-order valence-corrected chi connectivity index (χ0v) is 19.2. The van der Waals surface area contributed by atoms with Gasteiger partial charge in [-0.15, -0.1) is 37.2 Å². The Bertz CT molecular complexity index is 798. The summed E-state index contributed by atoms with van der Waals surface area (Å²) >= 11 is 0. The van der Waals surface area contributed by atoms with Crippen LogP contribution in [0.1, 0.15) is 13.8 Å². The predicted molar refractivity (Wildman–Crippen MR) is 129 cm³/mol. The standard InChI is InChI=1S/C21H27N3O2.3ClH/c1-3-22-9-11-25-18-7-5-16-13-17-6-8-19(26-12-10-23-4-2)15-21(17)24-20(16)14-18;;;/h5-8,13-15,22-23H,3-4,9-12H2,1-2H3;3*1H. The Kier molecular flexibility index (Phi) is 13.7. The molecule has 0 saturated carbocycles. The quantitative estimate of drug-likeness (QED) is 0.340. The van der Waals surface area contributed by atoms with Crippen LogP contribution in [0, 0.1) is 0 Å². The molecule has 29 heavy (non-hydrogen) atoms. The number of halogens is 3. The molecule has 2 aromatic carbocycles. The first-order valence-corrected chi connectivity index (χ1v) is 9.31. The molecule has 0 aliphatic carbocycles. The first-order valence-electron chi connectivity index (χ1n) is 9.31. The summed E-state index contributed by atoms with van der Waals surface area (Å²) in [5, 5.41) is 8.72. The van der Waals surface area contributed by atoms with E-state index in [1.54, 1.807) is 0 Å². The summed E-state index contributed by atoms with van der Waals surface area (Å²) in [5.74, 6) is 1.69. The van der Waals surface area contributed by atoms with Crippen molar-refractivity contribution in [1.29, 1.82) is 0 Å². The lowest BCUT2D eigenvalue weighted by Crippen LogP contribution is -2.20. The van der Waals surface area contributed by atoms with E-state index >= 15 is 0 Å². The monoisotopic (exact) mass is 461 g/mol. The number of hydrogen-bond acceptors (Lipinski definition) is 5. The zero-order valence-electron chi connectivity index (χ0n) is 16.8. The highest BCUT2D eigenvalue weighted by Gasteiger charge is 2.04. The summed E-state index contributed by atoms with van der Waals surface area (Å²) in [7, 11) is 0. The van der Waals surface area contributed by atoms with Crippen LogP contribution < -0.4 is 20.1 Å². The maximum Gasteiger partial charge on any atom is 0.121 e. The number of nitrogens with zero attached hydrogens (tertiary/aromatic N) is 1. The van der Waals surface area contributed by atoms with Crippen molar-refractivity contribution >= 4 is 59.0 Å². The molecule has 8 heteroatoms. The van der Waals surface area contributed by atoms with Gasteiger partial charge in [0.25, 0.3) is 0 Å². The topological polar surface area (TPSA) is 55.4 Å². The Morgan fingerprint density at radius 1 is 0.690 bits per heavy atom. The van der Waals surface area contributed by atoms with Crippen molar-refractivity contribution in [1.82, 2.24) is 15.6 Å². The molecule has 0 amide bonds. The highest BCUT2D eigenvalue weighted by molar-refractivity contribution is 5.93. The fraction of sp³-hybridized carbons (Fsp3) is 0.381. The molecule has 0 spiro atoms. The molecule has 1 heterocycles. The molecule has 2 N–H and O–H groups in total. The summed E-state index contributed by atoms with van der Waals surface area (Å²) in [6.45, 7) is 9.06. The van der Waals surface area contributed by atoms with Gasteiger partial charge in [0.2, 0.25) is 0 Å². The fourth-order valence-electron chi connectivity index (χ4n) is 2.80. The van der Waals surface area contributed by atoms with Gasteiger partial charge in [0.05, 0.1) is 11.0 Å². The molecule has 0 bridgehead atoms. The second-order valence-electron chi connectivity index (χ2n) is 6.10. The maximum atomic E-state index is 5.79. The lowest BCUT2D eigenvalue weighted by molar-refractivity contribution is 0.316. The number of likely N-dealkylation sites (N-methyl/N-ethyl adjacent to an activating group) is 2. The van der Waals surface area contributed by atoms with Crippen LogP contribution in [0.5, 0.6) is 11.5 Å². The second-order valence-corrected chi connectivity index (χ2v) is 6.10. The van der Waals surface area contributed by atoms with Crippen LogP contribution in [-0.2, 0) is 0 Å². The number of fused-ring (bicyclic) bond motifs is 2. The number of nitrogens with one attached hydrogen (secondary N) is 2. The van der Waals surface area contributed by atoms with E-state index < -0.39 is 0 Å². The normalized spacial score (nSPS) is 10.0. The van der Waals surface area contributed by atoms with E-state index in [4.69, 9.17) is 14.5 Å². The average molecular weight is 463 g/mol. The van der Waals surface area contributed by atoms with E-state index in [2.05, 4.69) is 42.7 Å². The van der Waals surface area contributed by atoms with Gasteiger partial charge in [0.1, 0.15) is 24.7 Å². The van der Waals surface area contributed by atoms with Crippen LogP contribution in [0.3, 0.4) is 0 Å². The molecular weight excluding hydrogens is 433 g/mol. The fourth-order valence-corrected chi connectivity index (χ4v) is 2.80. The molecule has 1 aromatic heterocycles. The maximum absolute atomic E-state index is 5.79. The highest BCUT2D eigenvalue weighted by Crippen LogP contribution is 2.26. The zero-order chi connectivity index (χ0) is 18.2. The van der Waals surface area contributed by atoms with Crippen LogP contribution in [0.25, 0.3) is 21.8 Å². The van der Waals surface area contributed by atoms with E-state index in [1.165, 1.54) is 0 Å². The van der Waals surface area contributed by atoms with Crippen molar-refractivity contribution in [2.75, 3.05) is 39.4 Å². The largest absolute Gasteiger partial charge is 0.492 e. The third-order valence-electron chi connectivity index (χ3n) is 4.15. The minimum absolute atomic E-state index is 0. The molecule has 0 radical (unpaired) electrons. The average Bonchev–Trinajstić information content (AvgIpc) is 2.67. The summed E-state index contributed by atoms with van der Waals surface area (Å²) in [4.78, 5) is 4.80. The number of benzene rings is 2. The van der Waals surface area contributed by atoms with Gasteiger partial charge in [-0.1, -0.05) is 13.8 Å². The molecule has 3 aromatic rings. The molecule has 0 saturated heterocycles. The van der Waals surface area contributed by atoms with Gasteiger partial charge in [-0.05, 0) is 43.4 Å². The van der Waals surface area contributed by atoms with Crippen molar-refractivity contribution in [3.05, 3.63) is 42.5 Å². The highest BCUT2D eigenvalue weighted by atomic mass is 35.5. The molecule has 3 rings (SSSR count). The van der Waals surface area contributed by atoms with Crippen LogP contribution >= 0.6 is 37.2 Å². The Labute approximate surface area is 191 Å². The predicted octanol–water partition coefficient (Wildman–Crippen LogP) is 4.63. The third-order valence-corrected chi connectivity index (χ3v) is 4.15. The number of pyridine rings is 1. The van der Waals surface area contributed by atoms with Crippen LogP contribution in [-0.4, -0.2) is 44.4 Å². The Morgan fingerprint density at radius 2 is 1.14 bits per heavy atom. The van der Waals surface area contributed by atoms with Crippen molar-refractivity contribution in [3.63, 3.8) is 0 Å². The molecular formula is C21H30Cl3N3O2. The Hall–Kier alpha value is -1.50. The summed E-state index contributed by atoms with van der Waals surface area (Å²) in [6.07, 6.45) is 0. The van der Waals surface area contributed by atoms with E-state index in [-0.39, 0.29) is 37.2 Å². The van der Waals surface area contributed by atoms with Crippen molar-refractivity contribution < 1.29 is 9.47 Å². The van der Waals surface area contributed by atoms with E-state index in [0.29, 0.717) is 13.2 Å². The summed E-state index contributed by atoms with van der Waals surface area (Å²) in [5.41, 5.74) is 1.87. The molecule has 0 aliphatic rings. The van der Waals surface area contributed by atoms with Gasteiger partial charge in [-0.3, -0.25) is 0 Å². The van der Waals surface area contributed by atoms with Crippen LogP contribution in [0.2, 0.25) is 0 Å². The van der Waals surface area contributed by atoms with Gasteiger partial charge < -0.3 is 20.1 Å². The molecule has 0 fully saturated rings. The lowest BCUT2D eigenvalue weighted by atomic mass is 10.1. The second kappa shape index (κ2) is 14.5. The minimum atomic E-state index is 0. The first-order chi connectivity index (χ1) is 12.8. The molecule has 162 valence electrons. The van der Waals surface area contributed by atoms with Crippen molar-refractivity contribution in [2.45, 2.75) is 13.8 Å². The molecule has 5 nitrogen and oxygen atoms in total. The Balaban J connectivity index is 0.00000261. The number of aromatic nitrogens is 1. The minimum Gasteiger partial charge on any atom is -0.492 e. The number of rotatable bonds is 10. The van der Waals surface area contributed by atoms with Gasteiger partial charge in [-0.25, -0.2) is 4.98 Å². The first kappa shape index (κ1) is 27.5.